The molecular formula is C15H24N4. The average Bonchev–Trinajstić information content (AvgIpc) is 2.86. The third-order valence-electron chi connectivity index (χ3n) is 4.32. The number of nitrogens with zero attached hydrogens (tertiary/aromatic N) is 3. The number of aromatic nitrogens is 2. The summed E-state index contributed by atoms with van der Waals surface area (Å²) in [7, 11) is 2.19. The standard InChI is InChI=1S/C15H24N4/c1-11-9-14(12-6-8-19(2)10-12)18-15(17-11)13-5-3-4-7-16-13/h9,12-13,16H,3-8,10H2,1-2H3. The molecule has 2 unspecified atom stereocenters. The minimum Gasteiger partial charge on any atom is -0.307 e. The van der Waals surface area contributed by atoms with Gasteiger partial charge in [0.05, 0.1) is 6.04 Å². The second-order valence-electron chi connectivity index (χ2n) is 6.04. The summed E-state index contributed by atoms with van der Waals surface area (Å²) < 4.78 is 0. The van der Waals surface area contributed by atoms with E-state index in [2.05, 4.69) is 35.2 Å². The molecule has 2 saturated heterocycles. The van der Waals surface area contributed by atoms with Gasteiger partial charge in [-0.15, -0.1) is 0 Å². The number of hydrogen-bond acceptors (Lipinski definition) is 4. The third-order valence-corrected chi connectivity index (χ3v) is 4.32. The number of piperidine rings is 1. The van der Waals surface area contributed by atoms with Crippen LogP contribution in [0.15, 0.2) is 6.07 Å². The van der Waals surface area contributed by atoms with Crippen molar-refractivity contribution in [2.24, 2.45) is 0 Å². The van der Waals surface area contributed by atoms with E-state index in [-0.39, 0.29) is 0 Å². The zero-order valence-corrected chi connectivity index (χ0v) is 12.0. The van der Waals surface area contributed by atoms with Crippen molar-refractivity contribution in [3.8, 4) is 0 Å². The van der Waals surface area contributed by atoms with Crippen molar-refractivity contribution >= 4 is 0 Å². The van der Waals surface area contributed by atoms with Crippen molar-refractivity contribution in [3.63, 3.8) is 0 Å². The van der Waals surface area contributed by atoms with Gasteiger partial charge in [-0.25, -0.2) is 9.97 Å². The van der Waals surface area contributed by atoms with Gasteiger partial charge in [0.1, 0.15) is 5.82 Å². The van der Waals surface area contributed by atoms with Crippen LogP contribution in [0.1, 0.15) is 54.9 Å². The lowest BCUT2D eigenvalue weighted by Gasteiger charge is -2.23. The lowest BCUT2D eigenvalue weighted by molar-refractivity contribution is 0.393. The van der Waals surface area contributed by atoms with Crippen LogP contribution in [0, 0.1) is 6.92 Å². The molecule has 0 amide bonds. The Morgan fingerprint density at radius 3 is 2.84 bits per heavy atom. The molecule has 0 spiro atoms. The molecule has 2 aliphatic heterocycles. The zero-order valence-electron chi connectivity index (χ0n) is 12.0. The summed E-state index contributed by atoms with van der Waals surface area (Å²) in [5.41, 5.74) is 2.36. The van der Waals surface area contributed by atoms with E-state index in [1.807, 2.05) is 0 Å². The van der Waals surface area contributed by atoms with Crippen LogP contribution in [0.5, 0.6) is 0 Å². The molecule has 19 heavy (non-hydrogen) atoms. The van der Waals surface area contributed by atoms with E-state index in [4.69, 9.17) is 4.98 Å². The maximum atomic E-state index is 4.87. The monoisotopic (exact) mass is 260 g/mol. The van der Waals surface area contributed by atoms with E-state index < -0.39 is 0 Å². The summed E-state index contributed by atoms with van der Waals surface area (Å²) in [5, 5.41) is 3.55. The molecule has 3 heterocycles. The second kappa shape index (κ2) is 5.55. The molecule has 1 aromatic rings. The fourth-order valence-electron chi connectivity index (χ4n) is 3.23. The molecule has 2 fully saturated rings. The highest BCUT2D eigenvalue weighted by Crippen LogP contribution is 2.27. The maximum absolute atomic E-state index is 4.87. The first-order valence-corrected chi connectivity index (χ1v) is 7.50. The summed E-state index contributed by atoms with van der Waals surface area (Å²) in [4.78, 5) is 11.9. The molecule has 1 aromatic heterocycles. The largest absolute Gasteiger partial charge is 0.307 e. The van der Waals surface area contributed by atoms with Gasteiger partial charge in [0.2, 0.25) is 0 Å². The second-order valence-corrected chi connectivity index (χ2v) is 6.04. The number of nitrogens with one attached hydrogen (secondary N) is 1. The van der Waals surface area contributed by atoms with Gasteiger partial charge < -0.3 is 10.2 Å². The number of rotatable bonds is 2. The molecular weight excluding hydrogens is 236 g/mol. The highest BCUT2D eigenvalue weighted by atomic mass is 15.1. The van der Waals surface area contributed by atoms with Crippen LogP contribution >= 0.6 is 0 Å². The fraction of sp³-hybridized carbons (Fsp3) is 0.733. The van der Waals surface area contributed by atoms with Gasteiger partial charge >= 0.3 is 0 Å². The van der Waals surface area contributed by atoms with Crippen molar-refractivity contribution in [2.45, 2.75) is 44.6 Å². The first kappa shape index (κ1) is 13.0. The van der Waals surface area contributed by atoms with Crippen LogP contribution in [-0.2, 0) is 0 Å². The predicted molar refractivity (Wildman–Crippen MR) is 76.2 cm³/mol. The molecule has 0 aromatic carbocycles. The smallest absolute Gasteiger partial charge is 0.145 e. The lowest BCUT2D eigenvalue weighted by Crippen LogP contribution is -2.29. The Morgan fingerprint density at radius 2 is 2.16 bits per heavy atom. The topological polar surface area (TPSA) is 41.1 Å². The van der Waals surface area contributed by atoms with Crippen molar-refractivity contribution in [2.75, 3.05) is 26.7 Å². The SMILES string of the molecule is Cc1cc(C2CCN(C)C2)nc(C2CCCCN2)n1. The van der Waals surface area contributed by atoms with Gasteiger partial charge in [0.25, 0.3) is 0 Å². The fourth-order valence-corrected chi connectivity index (χ4v) is 3.23. The van der Waals surface area contributed by atoms with Crippen LogP contribution in [0.3, 0.4) is 0 Å². The number of aryl methyl sites for hydroxylation is 1. The van der Waals surface area contributed by atoms with E-state index in [9.17, 15) is 0 Å². The minimum atomic E-state index is 0.367. The molecule has 104 valence electrons. The zero-order chi connectivity index (χ0) is 13.2. The first-order valence-electron chi connectivity index (χ1n) is 7.50. The Morgan fingerprint density at radius 1 is 1.26 bits per heavy atom. The molecule has 0 aliphatic carbocycles. The van der Waals surface area contributed by atoms with Crippen molar-refractivity contribution in [1.82, 2.24) is 20.2 Å². The van der Waals surface area contributed by atoms with Crippen LogP contribution in [-0.4, -0.2) is 41.5 Å². The molecule has 1 N–H and O–H groups in total. The summed E-state index contributed by atoms with van der Waals surface area (Å²) >= 11 is 0. The number of likely N-dealkylation sites (tertiary alicyclic amines) is 1. The van der Waals surface area contributed by atoms with E-state index in [0.717, 1.165) is 24.6 Å². The molecule has 0 saturated carbocycles. The van der Waals surface area contributed by atoms with Crippen molar-refractivity contribution in [3.05, 3.63) is 23.3 Å². The van der Waals surface area contributed by atoms with Gasteiger partial charge in [-0.1, -0.05) is 6.42 Å². The van der Waals surface area contributed by atoms with Gasteiger partial charge in [-0.2, -0.15) is 0 Å². The molecule has 2 aliphatic rings. The van der Waals surface area contributed by atoms with Gasteiger partial charge in [-0.3, -0.25) is 0 Å². The highest BCUT2D eigenvalue weighted by molar-refractivity contribution is 5.17. The summed E-state index contributed by atoms with van der Waals surface area (Å²) in [6, 6.07) is 2.54. The summed E-state index contributed by atoms with van der Waals surface area (Å²) in [6.45, 7) is 5.51. The normalized spacial score (nSPS) is 28.7. The van der Waals surface area contributed by atoms with Crippen LogP contribution < -0.4 is 5.32 Å². The van der Waals surface area contributed by atoms with Crippen molar-refractivity contribution in [1.29, 1.82) is 0 Å². The Hall–Kier alpha value is -1.00. The van der Waals surface area contributed by atoms with Gasteiger partial charge in [-0.05, 0) is 52.4 Å². The quantitative estimate of drug-likeness (QED) is 0.883. The van der Waals surface area contributed by atoms with Crippen molar-refractivity contribution < 1.29 is 0 Å². The van der Waals surface area contributed by atoms with E-state index in [1.54, 1.807) is 0 Å². The molecule has 2 atom stereocenters. The van der Waals surface area contributed by atoms with Crippen LogP contribution in [0.25, 0.3) is 0 Å². The van der Waals surface area contributed by atoms with Crippen LogP contribution in [0.4, 0.5) is 0 Å². The molecule has 3 rings (SSSR count). The predicted octanol–water partition coefficient (Wildman–Crippen LogP) is 2.02. The number of likely N-dealkylation sites (N-methyl/N-ethyl adjacent to an activating group) is 1. The van der Waals surface area contributed by atoms with E-state index in [1.165, 1.54) is 37.9 Å². The van der Waals surface area contributed by atoms with Gasteiger partial charge in [0.15, 0.2) is 0 Å². The summed E-state index contributed by atoms with van der Waals surface area (Å²) in [5.74, 6) is 1.61. The Bertz CT molecular complexity index is 417. The first-order chi connectivity index (χ1) is 9.22. The Kier molecular flexibility index (Phi) is 3.80. The van der Waals surface area contributed by atoms with Gasteiger partial charge in [0, 0.05) is 23.9 Å². The lowest BCUT2D eigenvalue weighted by atomic mass is 10.0. The Labute approximate surface area is 115 Å². The van der Waals surface area contributed by atoms with E-state index in [0.29, 0.717) is 12.0 Å². The molecule has 4 heteroatoms. The third kappa shape index (κ3) is 2.95. The summed E-state index contributed by atoms with van der Waals surface area (Å²) in [6.07, 6.45) is 4.97. The maximum Gasteiger partial charge on any atom is 0.145 e. The van der Waals surface area contributed by atoms with E-state index >= 15 is 0 Å². The minimum absolute atomic E-state index is 0.367. The molecule has 0 radical (unpaired) electrons. The molecule has 0 bridgehead atoms. The average molecular weight is 260 g/mol. The number of hydrogen-bond donors (Lipinski definition) is 1. The highest BCUT2D eigenvalue weighted by Gasteiger charge is 2.25. The molecule has 4 nitrogen and oxygen atoms in total. The van der Waals surface area contributed by atoms with Crippen LogP contribution in [0.2, 0.25) is 0 Å². The Balaban J connectivity index is 1.83.